The van der Waals surface area contributed by atoms with Crippen LogP contribution in [0.25, 0.3) is 6.08 Å². The molecule has 0 fully saturated rings. The molecular weight excluding hydrogens is 524 g/mol. The molecule has 0 saturated carbocycles. The molecular formula is C28H28N2O8S. The van der Waals surface area contributed by atoms with Gasteiger partial charge in [-0.1, -0.05) is 29.5 Å². The number of nitrogens with zero attached hydrogens (tertiary/aromatic N) is 2. The molecule has 0 aliphatic carbocycles. The van der Waals surface area contributed by atoms with Crippen LogP contribution in [0.3, 0.4) is 0 Å². The standard InChI is InChI=1S/C28H28N2O8S/c1-5-36-21-14-18(10-11-20(21)35-4)25-24(27(34)37-6-2)16(3)29-28-30(25)26(33)22(39-28)13-17-8-7-9-19(12-17)38-15-23(31)32/h7-14,25H,5-6,15H2,1-4H3,(H,31,32)/b22-13-/t25-/m0/s1. The van der Waals surface area contributed by atoms with Crippen molar-refractivity contribution >= 4 is 29.4 Å². The Morgan fingerprint density at radius 1 is 1.10 bits per heavy atom. The first-order valence-corrected chi connectivity index (χ1v) is 13.0. The van der Waals surface area contributed by atoms with Gasteiger partial charge in [-0.15, -0.1) is 0 Å². The average Bonchev–Trinajstić information content (AvgIpc) is 3.21. The normalized spacial score (nSPS) is 14.9. The molecule has 0 spiro atoms. The minimum atomic E-state index is -1.09. The highest BCUT2D eigenvalue weighted by atomic mass is 32.1. The molecule has 1 aromatic heterocycles. The Balaban J connectivity index is 1.89. The minimum Gasteiger partial charge on any atom is -0.493 e. The molecule has 10 nitrogen and oxygen atoms in total. The number of benzene rings is 2. The predicted octanol–water partition coefficient (Wildman–Crippen LogP) is 2.67. The molecule has 1 aliphatic heterocycles. The van der Waals surface area contributed by atoms with Gasteiger partial charge in [-0.05, 0) is 62.2 Å². The average molecular weight is 553 g/mol. The smallest absolute Gasteiger partial charge is 0.341 e. The summed E-state index contributed by atoms with van der Waals surface area (Å²) < 4.78 is 23.6. The van der Waals surface area contributed by atoms with Crippen LogP contribution in [0.5, 0.6) is 17.2 Å². The summed E-state index contributed by atoms with van der Waals surface area (Å²) in [5.41, 5.74) is 1.64. The zero-order valence-electron chi connectivity index (χ0n) is 21.9. The van der Waals surface area contributed by atoms with Crippen molar-refractivity contribution in [2.24, 2.45) is 4.99 Å². The van der Waals surface area contributed by atoms with Crippen molar-refractivity contribution in [1.82, 2.24) is 4.57 Å². The van der Waals surface area contributed by atoms with Crippen LogP contribution >= 0.6 is 11.3 Å². The Morgan fingerprint density at radius 3 is 2.59 bits per heavy atom. The summed E-state index contributed by atoms with van der Waals surface area (Å²) in [6, 6.07) is 11.2. The summed E-state index contributed by atoms with van der Waals surface area (Å²) >= 11 is 1.18. The highest BCUT2D eigenvalue weighted by Crippen LogP contribution is 2.36. The molecule has 2 heterocycles. The lowest BCUT2D eigenvalue weighted by atomic mass is 9.95. The van der Waals surface area contributed by atoms with Gasteiger partial charge in [0.25, 0.3) is 5.56 Å². The molecule has 1 N–H and O–H groups in total. The molecule has 4 rings (SSSR count). The molecule has 3 aromatic rings. The van der Waals surface area contributed by atoms with E-state index in [1.165, 1.54) is 23.0 Å². The highest BCUT2D eigenvalue weighted by Gasteiger charge is 2.34. The van der Waals surface area contributed by atoms with Gasteiger partial charge < -0.3 is 24.1 Å². The van der Waals surface area contributed by atoms with Crippen molar-refractivity contribution in [3.8, 4) is 17.2 Å². The first-order valence-electron chi connectivity index (χ1n) is 12.2. The quantitative estimate of drug-likeness (QED) is 0.381. The van der Waals surface area contributed by atoms with Gasteiger partial charge in [0.2, 0.25) is 0 Å². The van der Waals surface area contributed by atoms with Crippen molar-refractivity contribution in [1.29, 1.82) is 0 Å². The third-order valence-corrected chi connectivity index (χ3v) is 6.82. The molecule has 0 bridgehead atoms. The van der Waals surface area contributed by atoms with Crippen LogP contribution in [0.4, 0.5) is 0 Å². The lowest BCUT2D eigenvalue weighted by molar-refractivity contribution is -0.140. The third-order valence-electron chi connectivity index (χ3n) is 5.84. The number of fused-ring (bicyclic) bond motifs is 1. The third kappa shape index (κ3) is 5.88. The van der Waals surface area contributed by atoms with E-state index in [0.717, 1.165) is 0 Å². The summed E-state index contributed by atoms with van der Waals surface area (Å²) in [6.45, 7) is 5.37. The Labute approximate surface area is 228 Å². The van der Waals surface area contributed by atoms with Crippen LogP contribution in [0.2, 0.25) is 0 Å². The van der Waals surface area contributed by atoms with Crippen molar-refractivity contribution in [2.45, 2.75) is 26.8 Å². The Hall–Kier alpha value is -4.38. The number of carboxylic acids is 1. The zero-order valence-corrected chi connectivity index (χ0v) is 22.7. The molecule has 2 aromatic carbocycles. The van der Waals surface area contributed by atoms with Gasteiger partial charge in [0.05, 0.1) is 42.2 Å². The topological polar surface area (TPSA) is 126 Å². The van der Waals surface area contributed by atoms with Crippen LogP contribution in [-0.4, -0.2) is 48.5 Å². The van der Waals surface area contributed by atoms with Gasteiger partial charge >= 0.3 is 11.9 Å². The maximum absolute atomic E-state index is 13.8. The summed E-state index contributed by atoms with van der Waals surface area (Å²) in [4.78, 5) is 42.8. The monoisotopic (exact) mass is 552 g/mol. The number of carboxylic acid groups (broad SMARTS) is 1. The lowest BCUT2D eigenvalue weighted by Crippen LogP contribution is -2.40. The fourth-order valence-corrected chi connectivity index (χ4v) is 5.28. The van der Waals surface area contributed by atoms with Gasteiger partial charge in [0.15, 0.2) is 22.9 Å². The number of thiazole rings is 1. The van der Waals surface area contributed by atoms with Gasteiger partial charge in [0.1, 0.15) is 5.75 Å². The van der Waals surface area contributed by atoms with Crippen molar-refractivity contribution in [3.05, 3.63) is 84.5 Å². The number of hydrogen-bond donors (Lipinski definition) is 1. The molecule has 1 atom stereocenters. The van der Waals surface area contributed by atoms with Crippen LogP contribution in [-0.2, 0) is 14.3 Å². The number of esters is 1. The first kappa shape index (κ1) is 27.6. The summed E-state index contributed by atoms with van der Waals surface area (Å²) in [7, 11) is 1.54. The Kier molecular flexibility index (Phi) is 8.50. The van der Waals surface area contributed by atoms with Crippen molar-refractivity contribution in [3.63, 3.8) is 0 Å². The predicted molar refractivity (Wildman–Crippen MR) is 144 cm³/mol. The number of hydrogen-bond acceptors (Lipinski definition) is 9. The lowest BCUT2D eigenvalue weighted by Gasteiger charge is -2.25. The van der Waals surface area contributed by atoms with Crippen molar-refractivity contribution in [2.75, 3.05) is 26.9 Å². The second-order valence-electron chi connectivity index (χ2n) is 8.40. The fourth-order valence-electron chi connectivity index (χ4n) is 4.23. The van der Waals surface area contributed by atoms with E-state index < -0.39 is 24.6 Å². The molecule has 204 valence electrons. The SMILES string of the molecule is CCOC(=O)C1=C(C)N=c2s/c(=C\c3cccc(OCC(=O)O)c3)c(=O)n2[C@H]1c1ccc(OC)c(OCC)c1. The minimum absolute atomic E-state index is 0.167. The number of rotatable bonds is 10. The molecule has 0 amide bonds. The van der Waals surface area contributed by atoms with E-state index in [0.29, 0.717) is 50.0 Å². The number of carbonyl (C=O) groups excluding carboxylic acids is 1. The van der Waals surface area contributed by atoms with E-state index in [2.05, 4.69) is 4.99 Å². The van der Waals surface area contributed by atoms with E-state index >= 15 is 0 Å². The van der Waals surface area contributed by atoms with Crippen LogP contribution in [0, 0.1) is 0 Å². The number of ether oxygens (including phenoxy) is 4. The number of aliphatic carboxylic acids is 1. The Morgan fingerprint density at radius 2 is 1.90 bits per heavy atom. The number of aromatic nitrogens is 1. The molecule has 39 heavy (non-hydrogen) atoms. The van der Waals surface area contributed by atoms with E-state index in [-0.39, 0.29) is 17.7 Å². The van der Waals surface area contributed by atoms with E-state index in [9.17, 15) is 14.4 Å². The summed E-state index contributed by atoms with van der Waals surface area (Å²) in [5, 5.41) is 8.88. The van der Waals surface area contributed by atoms with Gasteiger partial charge in [-0.25, -0.2) is 14.6 Å². The number of allylic oxidation sites excluding steroid dienone is 1. The van der Waals surface area contributed by atoms with Gasteiger partial charge in [-0.3, -0.25) is 9.36 Å². The van der Waals surface area contributed by atoms with Crippen LogP contribution < -0.4 is 29.1 Å². The maximum atomic E-state index is 13.8. The van der Waals surface area contributed by atoms with Gasteiger partial charge in [0, 0.05) is 0 Å². The van der Waals surface area contributed by atoms with Gasteiger partial charge in [-0.2, -0.15) is 0 Å². The molecule has 11 heteroatoms. The van der Waals surface area contributed by atoms with E-state index in [1.54, 1.807) is 62.4 Å². The Bertz CT molecular complexity index is 1620. The zero-order chi connectivity index (χ0) is 28.1. The van der Waals surface area contributed by atoms with Crippen LogP contribution in [0.15, 0.2) is 63.5 Å². The van der Waals surface area contributed by atoms with E-state index in [1.807, 2.05) is 6.92 Å². The molecule has 1 aliphatic rings. The van der Waals surface area contributed by atoms with Crippen molar-refractivity contribution < 1.29 is 33.6 Å². The first-order chi connectivity index (χ1) is 18.8. The number of carbonyl (C=O) groups is 2. The number of methoxy groups -OCH3 is 1. The summed E-state index contributed by atoms with van der Waals surface area (Å²) in [6.07, 6.45) is 1.68. The van der Waals surface area contributed by atoms with Crippen LogP contribution in [0.1, 0.15) is 37.9 Å². The summed E-state index contributed by atoms with van der Waals surface area (Å²) in [5.74, 6) is -0.284. The second kappa shape index (κ2) is 12.0. The maximum Gasteiger partial charge on any atom is 0.341 e. The molecule has 0 saturated heterocycles. The molecule has 0 radical (unpaired) electrons. The largest absolute Gasteiger partial charge is 0.493 e. The fraction of sp³-hybridized carbons (Fsp3) is 0.286. The second-order valence-corrected chi connectivity index (χ2v) is 9.41. The molecule has 0 unspecified atom stereocenters. The highest BCUT2D eigenvalue weighted by molar-refractivity contribution is 7.07. The van der Waals surface area contributed by atoms with E-state index in [4.69, 9.17) is 24.1 Å².